The van der Waals surface area contributed by atoms with Gasteiger partial charge < -0.3 is 4.74 Å². The van der Waals surface area contributed by atoms with E-state index >= 15 is 0 Å². The standard InChI is InChI=1S/C21H27NO4S/c1-16-11-12-17(2)19(15-16)26-14-8-13-21(3,4)20(23)22-27(24,25)18-9-6-5-7-10-18/h5-7,9-12,15H,8,13-14H2,1-4H3,(H,22,23). The summed E-state index contributed by atoms with van der Waals surface area (Å²) in [6.45, 7) is 7.93. The van der Waals surface area contributed by atoms with Crippen molar-refractivity contribution < 1.29 is 17.9 Å². The van der Waals surface area contributed by atoms with E-state index in [2.05, 4.69) is 4.72 Å². The molecular weight excluding hydrogens is 362 g/mol. The molecule has 0 aromatic heterocycles. The quantitative estimate of drug-likeness (QED) is 0.693. The number of carbonyl (C=O) groups excluding carboxylic acids is 1. The van der Waals surface area contributed by atoms with Crippen molar-refractivity contribution in [2.24, 2.45) is 5.41 Å². The summed E-state index contributed by atoms with van der Waals surface area (Å²) in [5, 5.41) is 0. The van der Waals surface area contributed by atoms with Crippen molar-refractivity contribution in [3.8, 4) is 5.75 Å². The van der Waals surface area contributed by atoms with Crippen molar-refractivity contribution >= 4 is 15.9 Å². The summed E-state index contributed by atoms with van der Waals surface area (Å²) in [5.41, 5.74) is 1.36. The lowest BCUT2D eigenvalue weighted by Gasteiger charge is -2.23. The summed E-state index contributed by atoms with van der Waals surface area (Å²) < 4.78 is 32.6. The molecule has 27 heavy (non-hydrogen) atoms. The van der Waals surface area contributed by atoms with Crippen LogP contribution in [0.2, 0.25) is 0 Å². The molecule has 0 bridgehead atoms. The van der Waals surface area contributed by atoms with Crippen LogP contribution in [-0.2, 0) is 14.8 Å². The predicted octanol–water partition coefficient (Wildman–Crippen LogP) is 3.99. The van der Waals surface area contributed by atoms with Crippen LogP contribution in [0.1, 0.15) is 37.8 Å². The van der Waals surface area contributed by atoms with Gasteiger partial charge in [-0.1, -0.05) is 44.2 Å². The van der Waals surface area contributed by atoms with Gasteiger partial charge in [-0.05, 0) is 56.0 Å². The van der Waals surface area contributed by atoms with Crippen LogP contribution in [0, 0.1) is 19.3 Å². The van der Waals surface area contributed by atoms with E-state index < -0.39 is 21.3 Å². The first-order chi connectivity index (χ1) is 12.6. The first-order valence-electron chi connectivity index (χ1n) is 8.94. The van der Waals surface area contributed by atoms with E-state index in [4.69, 9.17) is 4.74 Å². The lowest BCUT2D eigenvalue weighted by molar-refractivity contribution is -0.127. The number of amides is 1. The van der Waals surface area contributed by atoms with E-state index in [1.807, 2.05) is 32.0 Å². The van der Waals surface area contributed by atoms with Crippen molar-refractivity contribution in [2.75, 3.05) is 6.61 Å². The van der Waals surface area contributed by atoms with Gasteiger partial charge in [0.15, 0.2) is 0 Å². The minimum atomic E-state index is -3.86. The van der Waals surface area contributed by atoms with Gasteiger partial charge >= 0.3 is 0 Å². The molecule has 0 aliphatic carbocycles. The Kier molecular flexibility index (Phi) is 6.65. The Morgan fingerprint density at radius 3 is 2.41 bits per heavy atom. The zero-order valence-corrected chi connectivity index (χ0v) is 17.1. The molecule has 0 aliphatic heterocycles. The van der Waals surface area contributed by atoms with Crippen LogP contribution >= 0.6 is 0 Å². The van der Waals surface area contributed by atoms with Gasteiger partial charge in [0.25, 0.3) is 10.0 Å². The number of sulfonamides is 1. The molecule has 6 heteroatoms. The van der Waals surface area contributed by atoms with Gasteiger partial charge in [-0.25, -0.2) is 13.1 Å². The highest BCUT2D eigenvalue weighted by atomic mass is 32.2. The van der Waals surface area contributed by atoms with Gasteiger partial charge in [-0.3, -0.25) is 4.79 Å². The van der Waals surface area contributed by atoms with Crippen molar-refractivity contribution in [3.05, 3.63) is 59.7 Å². The van der Waals surface area contributed by atoms with E-state index in [0.717, 1.165) is 16.9 Å². The van der Waals surface area contributed by atoms with Crippen LogP contribution in [0.3, 0.4) is 0 Å². The highest BCUT2D eigenvalue weighted by Crippen LogP contribution is 2.25. The maximum absolute atomic E-state index is 12.5. The Morgan fingerprint density at radius 2 is 1.74 bits per heavy atom. The zero-order chi connectivity index (χ0) is 20.1. The maximum atomic E-state index is 12.5. The van der Waals surface area contributed by atoms with Crippen LogP contribution in [0.25, 0.3) is 0 Å². The lowest BCUT2D eigenvalue weighted by atomic mass is 9.87. The Morgan fingerprint density at radius 1 is 1.07 bits per heavy atom. The van der Waals surface area contributed by atoms with Gasteiger partial charge in [0, 0.05) is 5.41 Å². The summed E-state index contributed by atoms with van der Waals surface area (Å²) in [6, 6.07) is 13.9. The molecule has 0 saturated carbocycles. The van der Waals surface area contributed by atoms with Gasteiger partial charge in [0.1, 0.15) is 5.75 Å². The second-order valence-electron chi connectivity index (χ2n) is 7.35. The number of hydrogen-bond acceptors (Lipinski definition) is 4. The average Bonchev–Trinajstić information content (AvgIpc) is 2.62. The number of nitrogens with one attached hydrogen (secondary N) is 1. The first kappa shape index (κ1) is 21.0. The number of ether oxygens (including phenoxy) is 1. The highest BCUT2D eigenvalue weighted by molar-refractivity contribution is 7.90. The molecule has 0 saturated heterocycles. The van der Waals surface area contributed by atoms with E-state index in [0.29, 0.717) is 19.4 Å². The monoisotopic (exact) mass is 389 g/mol. The van der Waals surface area contributed by atoms with Crippen molar-refractivity contribution in [3.63, 3.8) is 0 Å². The molecule has 1 amide bonds. The number of carbonyl (C=O) groups is 1. The number of rotatable bonds is 8. The Labute approximate surface area is 161 Å². The molecule has 0 radical (unpaired) electrons. The van der Waals surface area contributed by atoms with Crippen LogP contribution in [-0.4, -0.2) is 20.9 Å². The summed E-state index contributed by atoms with van der Waals surface area (Å²) >= 11 is 0. The number of benzene rings is 2. The fraction of sp³-hybridized carbons (Fsp3) is 0.381. The van der Waals surface area contributed by atoms with Crippen LogP contribution in [0.15, 0.2) is 53.4 Å². The molecule has 0 heterocycles. The summed E-state index contributed by atoms with van der Waals surface area (Å²) in [5.74, 6) is 0.321. The van der Waals surface area contributed by atoms with Crippen LogP contribution in [0.4, 0.5) is 0 Å². The lowest BCUT2D eigenvalue weighted by Crippen LogP contribution is -2.40. The highest BCUT2D eigenvalue weighted by Gasteiger charge is 2.31. The fourth-order valence-corrected chi connectivity index (χ4v) is 3.74. The Hall–Kier alpha value is -2.34. The average molecular weight is 390 g/mol. The minimum absolute atomic E-state index is 0.0763. The third-order valence-corrected chi connectivity index (χ3v) is 5.79. The fourth-order valence-electron chi connectivity index (χ4n) is 2.59. The molecule has 146 valence electrons. The van der Waals surface area contributed by atoms with Crippen LogP contribution in [0.5, 0.6) is 5.75 Å². The zero-order valence-electron chi connectivity index (χ0n) is 16.3. The smallest absolute Gasteiger partial charge is 0.264 e. The molecular formula is C21H27NO4S. The topological polar surface area (TPSA) is 72.5 Å². The summed E-state index contributed by atoms with van der Waals surface area (Å²) in [6.07, 6.45) is 1.15. The molecule has 0 atom stereocenters. The van der Waals surface area contributed by atoms with E-state index in [9.17, 15) is 13.2 Å². The van der Waals surface area contributed by atoms with E-state index in [1.54, 1.807) is 32.0 Å². The van der Waals surface area contributed by atoms with Crippen molar-refractivity contribution in [2.45, 2.75) is 45.4 Å². The third kappa shape index (κ3) is 5.82. The molecule has 2 rings (SSSR count). The van der Waals surface area contributed by atoms with Gasteiger partial charge in [0.05, 0.1) is 11.5 Å². The molecule has 1 N–H and O–H groups in total. The van der Waals surface area contributed by atoms with E-state index in [-0.39, 0.29) is 4.90 Å². The SMILES string of the molecule is Cc1ccc(C)c(OCCCC(C)(C)C(=O)NS(=O)(=O)c2ccccc2)c1. The second-order valence-corrected chi connectivity index (χ2v) is 9.03. The molecule has 0 spiro atoms. The maximum Gasteiger partial charge on any atom is 0.264 e. The molecule has 5 nitrogen and oxygen atoms in total. The molecule has 0 unspecified atom stereocenters. The Balaban J connectivity index is 1.90. The normalized spacial score (nSPS) is 11.9. The minimum Gasteiger partial charge on any atom is -0.493 e. The first-order valence-corrected chi connectivity index (χ1v) is 10.4. The van der Waals surface area contributed by atoms with Crippen LogP contribution < -0.4 is 9.46 Å². The van der Waals surface area contributed by atoms with E-state index in [1.165, 1.54) is 12.1 Å². The third-order valence-electron chi connectivity index (χ3n) is 4.44. The van der Waals surface area contributed by atoms with Crippen molar-refractivity contribution in [1.82, 2.24) is 4.72 Å². The van der Waals surface area contributed by atoms with Crippen molar-refractivity contribution in [1.29, 1.82) is 0 Å². The molecule has 0 fully saturated rings. The predicted molar refractivity (Wildman–Crippen MR) is 106 cm³/mol. The number of aryl methyl sites for hydroxylation is 2. The van der Waals surface area contributed by atoms with Gasteiger partial charge in [0.2, 0.25) is 5.91 Å². The molecule has 0 aliphatic rings. The number of hydrogen-bond donors (Lipinski definition) is 1. The molecule has 2 aromatic rings. The summed E-state index contributed by atoms with van der Waals surface area (Å²) in [7, 11) is -3.86. The molecule has 2 aromatic carbocycles. The van der Waals surface area contributed by atoms with Gasteiger partial charge in [-0.15, -0.1) is 0 Å². The second kappa shape index (κ2) is 8.57. The largest absolute Gasteiger partial charge is 0.493 e. The summed E-state index contributed by atoms with van der Waals surface area (Å²) in [4.78, 5) is 12.6. The van der Waals surface area contributed by atoms with Gasteiger partial charge in [-0.2, -0.15) is 0 Å². The Bertz CT molecular complexity index is 890.